The molecular weight excluding hydrogens is 316 g/mol. The van der Waals surface area contributed by atoms with Crippen molar-refractivity contribution in [1.29, 1.82) is 0 Å². The fourth-order valence-corrected chi connectivity index (χ4v) is 2.76. The molecule has 0 atom stereocenters. The predicted molar refractivity (Wildman–Crippen MR) is 94.8 cm³/mol. The number of rotatable bonds is 4. The Bertz CT molecular complexity index is 972. The van der Waals surface area contributed by atoms with E-state index in [-0.39, 0.29) is 29.4 Å². The van der Waals surface area contributed by atoms with E-state index in [1.165, 1.54) is 0 Å². The lowest BCUT2D eigenvalue weighted by atomic mass is 10.2. The van der Waals surface area contributed by atoms with Gasteiger partial charge < -0.3 is 10.6 Å². The van der Waals surface area contributed by atoms with E-state index in [9.17, 15) is 9.59 Å². The summed E-state index contributed by atoms with van der Waals surface area (Å²) < 4.78 is 1.65. The zero-order valence-corrected chi connectivity index (χ0v) is 13.8. The smallest absolute Gasteiger partial charge is 0.292 e. The second-order valence-corrected chi connectivity index (χ2v) is 6.31. The number of pyridine rings is 1. The van der Waals surface area contributed by atoms with Crippen molar-refractivity contribution in [1.82, 2.24) is 14.7 Å². The van der Waals surface area contributed by atoms with Crippen molar-refractivity contribution >= 4 is 23.0 Å². The third-order valence-electron chi connectivity index (χ3n) is 4.16. The first-order valence-electron chi connectivity index (χ1n) is 8.28. The molecule has 1 saturated carbocycles. The van der Waals surface area contributed by atoms with E-state index in [0.29, 0.717) is 11.2 Å². The predicted octanol–water partition coefficient (Wildman–Crippen LogP) is 2.79. The molecule has 0 radical (unpaired) electrons. The van der Waals surface area contributed by atoms with Crippen LogP contribution in [0.3, 0.4) is 0 Å². The molecule has 2 N–H and O–H groups in total. The van der Waals surface area contributed by atoms with Crippen LogP contribution in [0.5, 0.6) is 0 Å². The highest BCUT2D eigenvalue weighted by Crippen LogP contribution is 2.21. The number of nitrogens with one attached hydrogen (secondary N) is 2. The molecule has 1 aromatic carbocycles. The highest BCUT2D eigenvalue weighted by atomic mass is 16.2. The van der Waals surface area contributed by atoms with E-state index >= 15 is 0 Å². The normalized spacial score (nSPS) is 13.6. The van der Waals surface area contributed by atoms with E-state index in [0.717, 1.165) is 18.4 Å². The number of hydrogen-bond acceptors (Lipinski definition) is 3. The number of aromatic nitrogens is 2. The van der Waals surface area contributed by atoms with Crippen LogP contribution in [0.1, 0.15) is 39.5 Å². The van der Waals surface area contributed by atoms with Crippen LogP contribution < -0.4 is 10.6 Å². The molecule has 0 saturated heterocycles. The molecule has 1 aliphatic carbocycles. The number of carbonyl (C=O) groups excluding carboxylic acids is 2. The number of carbonyl (C=O) groups is 2. The summed E-state index contributed by atoms with van der Waals surface area (Å²) >= 11 is 0. The molecule has 126 valence electrons. The zero-order chi connectivity index (χ0) is 17.4. The van der Waals surface area contributed by atoms with Gasteiger partial charge in [0.2, 0.25) is 5.82 Å². The van der Waals surface area contributed by atoms with Gasteiger partial charge in [0, 0.05) is 17.9 Å². The van der Waals surface area contributed by atoms with E-state index in [1.807, 2.05) is 37.3 Å². The molecule has 0 spiro atoms. The van der Waals surface area contributed by atoms with E-state index in [4.69, 9.17) is 0 Å². The summed E-state index contributed by atoms with van der Waals surface area (Å²) in [7, 11) is 0. The van der Waals surface area contributed by atoms with Gasteiger partial charge in [-0.3, -0.25) is 14.0 Å². The Kier molecular flexibility index (Phi) is 3.72. The largest absolute Gasteiger partial charge is 0.348 e. The fourth-order valence-electron chi connectivity index (χ4n) is 2.76. The van der Waals surface area contributed by atoms with Gasteiger partial charge in [-0.15, -0.1) is 0 Å². The van der Waals surface area contributed by atoms with Crippen LogP contribution in [0.15, 0.2) is 48.7 Å². The Balaban J connectivity index is 1.68. The minimum atomic E-state index is -0.350. The lowest BCUT2D eigenvalue weighted by molar-refractivity contribution is 0.0948. The first-order valence-corrected chi connectivity index (χ1v) is 8.28. The van der Waals surface area contributed by atoms with Gasteiger partial charge in [-0.25, -0.2) is 4.98 Å². The number of nitrogens with zero attached hydrogens (tertiary/aromatic N) is 2. The standard InChI is InChI=1S/C19H18N4O2/c1-12-5-4-6-14(11-12)21-19(25)17-22-16(18(24)20-13-8-9-13)15-7-2-3-10-23(15)17/h2-7,10-11,13H,8-9H2,1H3,(H,20,24)(H,21,25). The second-order valence-electron chi connectivity index (χ2n) is 6.31. The van der Waals surface area contributed by atoms with Crippen molar-refractivity contribution in [2.24, 2.45) is 0 Å². The summed E-state index contributed by atoms with van der Waals surface area (Å²) in [6.45, 7) is 1.96. The number of benzene rings is 1. The van der Waals surface area contributed by atoms with Crippen molar-refractivity contribution in [2.75, 3.05) is 5.32 Å². The molecule has 6 nitrogen and oxygen atoms in total. The van der Waals surface area contributed by atoms with Crippen LogP contribution in [0, 0.1) is 6.92 Å². The minimum Gasteiger partial charge on any atom is -0.348 e. The molecule has 25 heavy (non-hydrogen) atoms. The van der Waals surface area contributed by atoms with Crippen molar-refractivity contribution < 1.29 is 9.59 Å². The number of imidazole rings is 1. The topological polar surface area (TPSA) is 75.5 Å². The summed E-state index contributed by atoms with van der Waals surface area (Å²) in [6, 6.07) is 13.2. The van der Waals surface area contributed by atoms with Crippen LogP contribution >= 0.6 is 0 Å². The first kappa shape index (κ1) is 15.4. The van der Waals surface area contributed by atoms with Gasteiger partial charge in [0.15, 0.2) is 5.69 Å². The maximum Gasteiger partial charge on any atom is 0.292 e. The highest BCUT2D eigenvalue weighted by Gasteiger charge is 2.27. The van der Waals surface area contributed by atoms with Crippen molar-refractivity contribution in [2.45, 2.75) is 25.8 Å². The number of aryl methyl sites for hydroxylation is 1. The van der Waals surface area contributed by atoms with Crippen LogP contribution in [0.25, 0.3) is 5.52 Å². The van der Waals surface area contributed by atoms with Gasteiger partial charge in [-0.1, -0.05) is 18.2 Å². The molecule has 0 unspecified atom stereocenters. The van der Waals surface area contributed by atoms with E-state index < -0.39 is 0 Å². The maximum absolute atomic E-state index is 12.7. The van der Waals surface area contributed by atoms with Crippen LogP contribution in [-0.2, 0) is 0 Å². The van der Waals surface area contributed by atoms with Crippen LogP contribution in [0.4, 0.5) is 5.69 Å². The van der Waals surface area contributed by atoms with Crippen molar-refractivity contribution in [3.05, 3.63) is 65.7 Å². The third-order valence-corrected chi connectivity index (χ3v) is 4.16. The Hall–Kier alpha value is -3.15. The number of amides is 2. The second kappa shape index (κ2) is 6.05. The molecule has 2 aromatic heterocycles. The highest BCUT2D eigenvalue weighted by molar-refractivity contribution is 6.06. The molecule has 0 aliphatic heterocycles. The Morgan fingerprint density at radius 3 is 2.72 bits per heavy atom. The van der Waals surface area contributed by atoms with Crippen molar-refractivity contribution in [3.63, 3.8) is 0 Å². The lowest BCUT2D eigenvalue weighted by Crippen LogP contribution is -2.26. The molecule has 2 heterocycles. The molecule has 0 bridgehead atoms. The Morgan fingerprint density at radius 1 is 1.12 bits per heavy atom. The summed E-state index contributed by atoms with van der Waals surface area (Å²) in [5.74, 6) is -0.392. The fraction of sp³-hybridized carbons (Fsp3) is 0.211. The Labute approximate surface area is 144 Å². The van der Waals surface area contributed by atoms with Gasteiger partial charge in [-0.05, 0) is 49.6 Å². The molecular formula is C19H18N4O2. The van der Waals surface area contributed by atoms with Crippen LogP contribution in [-0.4, -0.2) is 27.2 Å². The molecule has 4 rings (SSSR count). The van der Waals surface area contributed by atoms with Gasteiger partial charge in [0.1, 0.15) is 0 Å². The zero-order valence-electron chi connectivity index (χ0n) is 13.8. The summed E-state index contributed by atoms with van der Waals surface area (Å²) in [5, 5.41) is 5.77. The lowest BCUT2D eigenvalue weighted by Gasteiger charge is -2.05. The number of hydrogen-bond donors (Lipinski definition) is 2. The molecule has 3 aromatic rings. The first-order chi connectivity index (χ1) is 12.1. The summed E-state index contributed by atoms with van der Waals surface area (Å²) in [4.78, 5) is 29.4. The minimum absolute atomic E-state index is 0.193. The number of fused-ring (bicyclic) bond motifs is 1. The monoisotopic (exact) mass is 334 g/mol. The van der Waals surface area contributed by atoms with E-state index in [2.05, 4.69) is 15.6 Å². The van der Waals surface area contributed by atoms with Crippen molar-refractivity contribution in [3.8, 4) is 0 Å². The summed E-state index contributed by atoms with van der Waals surface area (Å²) in [5.41, 5.74) is 2.65. The average molecular weight is 334 g/mol. The maximum atomic E-state index is 12.7. The van der Waals surface area contributed by atoms with Gasteiger partial charge in [-0.2, -0.15) is 0 Å². The Morgan fingerprint density at radius 2 is 1.96 bits per heavy atom. The number of anilines is 1. The van der Waals surface area contributed by atoms with E-state index in [1.54, 1.807) is 22.7 Å². The average Bonchev–Trinajstić information content (AvgIpc) is 3.32. The molecule has 1 aliphatic rings. The van der Waals surface area contributed by atoms with Gasteiger partial charge in [0.25, 0.3) is 11.8 Å². The molecule has 1 fully saturated rings. The summed E-state index contributed by atoms with van der Waals surface area (Å²) in [6.07, 6.45) is 3.73. The molecule has 2 amide bonds. The van der Waals surface area contributed by atoms with Crippen LogP contribution in [0.2, 0.25) is 0 Å². The molecule has 6 heteroatoms. The SMILES string of the molecule is Cc1cccc(NC(=O)c2nc(C(=O)NC3CC3)c3ccccn23)c1. The van der Waals surface area contributed by atoms with Gasteiger partial charge >= 0.3 is 0 Å². The quantitative estimate of drug-likeness (QED) is 0.770. The van der Waals surface area contributed by atoms with Gasteiger partial charge in [0.05, 0.1) is 5.52 Å². The third kappa shape index (κ3) is 3.10.